The molecule has 0 radical (unpaired) electrons. The molecule has 2 aliphatic rings. The van der Waals surface area contributed by atoms with E-state index in [1.165, 1.54) is 51.4 Å². The van der Waals surface area contributed by atoms with Crippen molar-refractivity contribution in [2.75, 3.05) is 19.7 Å². The van der Waals surface area contributed by atoms with Crippen LogP contribution in [0.4, 0.5) is 0 Å². The van der Waals surface area contributed by atoms with Crippen LogP contribution in [-0.4, -0.2) is 37.0 Å². The maximum atomic E-state index is 10.0. The fraction of sp³-hybridized carbons (Fsp3) is 1.00. The number of aliphatic hydroxyl groups is 1. The molecule has 0 amide bonds. The largest absolute Gasteiger partial charge is 0.389 e. The van der Waals surface area contributed by atoms with Crippen LogP contribution in [0.1, 0.15) is 65.2 Å². The van der Waals surface area contributed by atoms with E-state index < -0.39 is 0 Å². The number of hydrogen-bond donors (Lipinski definition) is 2. The first kappa shape index (κ1) is 16.3. The molecular weight excluding hydrogens is 250 g/mol. The molecule has 2 aliphatic carbocycles. The molecule has 3 atom stereocenters. The molecule has 2 saturated carbocycles. The first-order valence-corrected chi connectivity index (χ1v) is 8.64. The highest BCUT2D eigenvalue weighted by Gasteiger charge is 2.40. The smallest absolute Gasteiger partial charge is 0.0897 e. The summed E-state index contributed by atoms with van der Waals surface area (Å²) < 4.78 is 5.87. The summed E-state index contributed by atoms with van der Waals surface area (Å²) in [5, 5.41) is 13.4. The van der Waals surface area contributed by atoms with Crippen LogP contribution in [0.5, 0.6) is 0 Å². The zero-order valence-electron chi connectivity index (χ0n) is 13.4. The lowest BCUT2D eigenvalue weighted by atomic mass is 9.89. The Morgan fingerprint density at radius 1 is 1.35 bits per heavy atom. The number of aliphatic hydroxyl groups excluding tert-OH is 1. The molecule has 2 fully saturated rings. The minimum atomic E-state index is -0.357. The third-order valence-corrected chi connectivity index (χ3v) is 5.03. The molecule has 2 N–H and O–H groups in total. The van der Waals surface area contributed by atoms with Crippen LogP contribution in [0.3, 0.4) is 0 Å². The fourth-order valence-corrected chi connectivity index (χ4v) is 3.56. The van der Waals surface area contributed by atoms with Crippen LogP contribution < -0.4 is 5.32 Å². The summed E-state index contributed by atoms with van der Waals surface area (Å²) in [7, 11) is 0. The Bertz CT molecular complexity index is 278. The summed E-state index contributed by atoms with van der Waals surface area (Å²) in [5.74, 6) is 0.785. The van der Waals surface area contributed by atoms with E-state index in [0.29, 0.717) is 24.7 Å². The number of ether oxygens (including phenoxy) is 1. The van der Waals surface area contributed by atoms with Crippen LogP contribution in [0.15, 0.2) is 0 Å². The maximum Gasteiger partial charge on any atom is 0.0897 e. The monoisotopic (exact) mass is 283 g/mol. The summed E-state index contributed by atoms with van der Waals surface area (Å²) in [6.07, 6.45) is 10.3. The highest BCUT2D eigenvalue weighted by atomic mass is 16.5. The molecule has 2 rings (SSSR count). The zero-order chi connectivity index (χ0) is 14.4. The van der Waals surface area contributed by atoms with Gasteiger partial charge >= 0.3 is 0 Å². The third-order valence-electron chi connectivity index (χ3n) is 5.03. The number of nitrogens with one attached hydrogen (secondary N) is 1. The normalized spacial score (nSPS) is 30.1. The summed E-state index contributed by atoms with van der Waals surface area (Å²) in [4.78, 5) is 0. The van der Waals surface area contributed by atoms with Crippen molar-refractivity contribution in [3.63, 3.8) is 0 Å². The first-order valence-electron chi connectivity index (χ1n) is 8.64. The summed E-state index contributed by atoms with van der Waals surface area (Å²) in [6, 6.07) is 0. The predicted molar refractivity (Wildman–Crippen MR) is 82.8 cm³/mol. The van der Waals surface area contributed by atoms with Crippen molar-refractivity contribution < 1.29 is 9.84 Å². The van der Waals surface area contributed by atoms with E-state index >= 15 is 0 Å². The molecule has 0 aliphatic heterocycles. The van der Waals surface area contributed by atoms with E-state index in [0.717, 1.165) is 12.5 Å². The molecule has 0 heterocycles. The molecular formula is C17H33NO2. The van der Waals surface area contributed by atoms with Gasteiger partial charge in [-0.15, -0.1) is 0 Å². The molecule has 0 aromatic rings. The Labute approximate surface area is 124 Å². The van der Waals surface area contributed by atoms with Crippen molar-refractivity contribution in [1.82, 2.24) is 5.32 Å². The predicted octanol–water partition coefficient (Wildman–Crippen LogP) is 3.11. The lowest BCUT2D eigenvalue weighted by Crippen LogP contribution is -2.35. The van der Waals surface area contributed by atoms with Crippen LogP contribution in [-0.2, 0) is 4.74 Å². The topological polar surface area (TPSA) is 41.5 Å². The van der Waals surface area contributed by atoms with Gasteiger partial charge in [-0.2, -0.15) is 0 Å². The summed E-state index contributed by atoms with van der Waals surface area (Å²) >= 11 is 0. The Hall–Kier alpha value is -0.120. The summed E-state index contributed by atoms with van der Waals surface area (Å²) in [6.45, 7) is 6.79. The SMILES string of the molecule is CCCC1(CNCC(O)COC2CCCC(C)C2)CC1. The van der Waals surface area contributed by atoms with Gasteiger partial charge in [0.25, 0.3) is 0 Å². The van der Waals surface area contributed by atoms with Crippen LogP contribution in [0.2, 0.25) is 0 Å². The van der Waals surface area contributed by atoms with Gasteiger partial charge in [0.2, 0.25) is 0 Å². The highest BCUT2D eigenvalue weighted by molar-refractivity contribution is 4.94. The second kappa shape index (κ2) is 7.77. The van der Waals surface area contributed by atoms with Gasteiger partial charge in [0, 0.05) is 13.1 Å². The lowest BCUT2D eigenvalue weighted by Gasteiger charge is -2.27. The Balaban J connectivity index is 1.53. The molecule has 0 aromatic heterocycles. The minimum Gasteiger partial charge on any atom is -0.389 e. The van der Waals surface area contributed by atoms with Gasteiger partial charge in [-0.25, -0.2) is 0 Å². The number of hydrogen-bond acceptors (Lipinski definition) is 3. The Morgan fingerprint density at radius 3 is 2.80 bits per heavy atom. The van der Waals surface area contributed by atoms with Crippen molar-refractivity contribution in [3.05, 3.63) is 0 Å². The van der Waals surface area contributed by atoms with Gasteiger partial charge in [-0.3, -0.25) is 0 Å². The van der Waals surface area contributed by atoms with Crippen molar-refractivity contribution in [3.8, 4) is 0 Å². The fourth-order valence-electron chi connectivity index (χ4n) is 3.56. The molecule has 3 heteroatoms. The molecule has 0 saturated heterocycles. The van der Waals surface area contributed by atoms with Crippen molar-refractivity contribution in [1.29, 1.82) is 0 Å². The van der Waals surface area contributed by atoms with Crippen LogP contribution in [0.25, 0.3) is 0 Å². The van der Waals surface area contributed by atoms with Gasteiger partial charge in [0.05, 0.1) is 18.8 Å². The van der Waals surface area contributed by atoms with Gasteiger partial charge in [0.1, 0.15) is 0 Å². The minimum absolute atomic E-state index is 0.357. The van der Waals surface area contributed by atoms with Crippen LogP contribution >= 0.6 is 0 Å². The average molecular weight is 283 g/mol. The lowest BCUT2D eigenvalue weighted by molar-refractivity contribution is -0.0308. The molecule has 20 heavy (non-hydrogen) atoms. The second-order valence-electron chi connectivity index (χ2n) is 7.26. The van der Waals surface area contributed by atoms with Gasteiger partial charge < -0.3 is 15.2 Å². The van der Waals surface area contributed by atoms with Gasteiger partial charge in [0.15, 0.2) is 0 Å². The van der Waals surface area contributed by atoms with E-state index in [1.54, 1.807) is 0 Å². The third kappa shape index (κ3) is 5.34. The summed E-state index contributed by atoms with van der Waals surface area (Å²) in [5.41, 5.74) is 0.564. The molecule has 0 bridgehead atoms. The van der Waals surface area contributed by atoms with E-state index in [9.17, 15) is 5.11 Å². The van der Waals surface area contributed by atoms with Crippen LogP contribution in [0, 0.1) is 11.3 Å². The van der Waals surface area contributed by atoms with Crippen molar-refractivity contribution in [2.24, 2.45) is 11.3 Å². The van der Waals surface area contributed by atoms with Crippen molar-refractivity contribution >= 4 is 0 Å². The van der Waals surface area contributed by atoms with E-state index in [4.69, 9.17) is 4.74 Å². The number of rotatable bonds is 9. The molecule has 3 nitrogen and oxygen atoms in total. The van der Waals surface area contributed by atoms with E-state index in [-0.39, 0.29) is 6.10 Å². The van der Waals surface area contributed by atoms with Gasteiger partial charge in [-0.1, -0.05) is 33.1 Å². The van der Waals surface area contributed by atoms with E-state index in [1.807, 2.05) is 0 Å². The molecule has 0 spiro atoms. The van der Waals surface area contributed by atoms with Gasteiger partial charge in [-0.05, 0) is 43.4 Å². The molecule has 118 valence electrons. The molecule has 3 unspecified atom stereocenters. The highest BCUT2D eigenvalue weighted by Crippen LogP contribution is 2.48. The first-order chi connectivity index (χ1) is 9.63. The average Bonchev–Trinajstić information content (AvgIpc) is 3.17. The quantitative estimate of drug-likeness (QED) is 0.683. The Morgan fingerprint density at radius 2 is 2.15 bits per heavy atom. The van der Waals surface area contributed by atoms with Crippen molar-refractivity contribution in [2.45, 2.75) is 77.4 Å². The second-order valence-corrected chi connectivity index (χ2v) is 7.26. The standard InChI is InChI=1S/C17H33NO2/c1-3-7-17(8-9-17)13-18-11-15(19)12-20-16-6-4-5-14(2)10-16/h14-16,18-19H,3-13H2,1-2H3. The Kier molecular flexibility index (Phi) is 6.31. The van der Waals surface area contributed by atoms with E-state index in [2.05, 4.69) is 19.2 Å². The maximum absolute atomic E-state index is 10.0. The molecule has 0 aromatic carbocycles. The zero-order valence-corrected chi connectivity index (χ0v) is 13.4.